The molecule has 2 unspecified atom stereocenters. The van der Waals surface area contributed by atoms with E-state index in [1.165, 1.54) is 0 Å². The van der Waals surface area contributed by atoms with Gasteiger partial charge in [-0.3, -0.25) is 10.1 Å². The van der Waals surface area contributed by atoms with E-state index in [1.807, 2.05) is 0 Å². The third kappa shape index (κ3) is 4.96. The van der Waals surface area contributed by atoms with E-state index in [0.717, 1.165) is 25.7 Å². The summed E-state index contributed by atoms with van der Waals surface area (Å²) in [6.07, 6.45) is -0.0132. The molecule has 1 aliphatic rings. The fourth-order valence-corrected chi connectivity index (χ4v) is 2.81. The Bertz CT molecular complexity index is 320. The lowest BCUT2D eigenvalue weighted by Gasteiger charge is -2.32. The second kappa shape index (κ2) is 7.29. The van der Waals surface area contributed by atoms with Crippen LogP contribution in [0.5, 0.6) is 0 Å². The molecule has 0 aliphatic heterocycles. The number of ether oxygens (including phenoxy) is 1. The van der Waals surface area contributed by atoms with Crippen LogP contribution in [0, 0.1) is 5.92 Å². The molecule has 1 N–H and O–H groups in total. The van der Waals surface area contributed by atoms with Gasteiger partial charge in [-0.05, 0) is 32.1 Å². The van der Waals surface area contributed by atoms with Crippen LogP contribution in [-0.2, 0) is 9.53 Å². The van der Waals surface area contributed by atoms with E-state index in [9.17, 15) is 18.0 Å². The average molecular weight is 295 g/mol. The van der Waals surface area contributed by atoms with Gasteiger partial charge in [0.2, 0.25) is 0 Å². The van der Waals surface area contributed by atoms with Gasteiger partial charge in [-0.2, -0.15) is 13.2 Å². The molecular formula is C14H24F3NO2. The summed E-state index contributed by atoms with van der Waals surface area (Å²) >= 11 is 0. The van der Waals surface area contributed by atoms with Crippen LogP contribution in [0.2, 0.25) is 0 Å². The van der Waals surface area contributed by atoms with E-state index in [0.29, 0.717) is 18.8 Å². The number of rotatable bonds is 5. The minimum atomic E-state index is -4.32. The fraction of sp³-hybridized carbons (Fsp3) is 0.929. The number of nitrogens with one attached hydrogen (secondary N) is 1. The number of carbonyl (C=O) groups excluding carboxylic acids is 1. The summed E-state index contributed by atoms with van der Waals surface area (Å²) in [6, 6.07) is 0. The summed E-state index contributed by atoms with van der Waals surface area (Å²) in [6.45, 7) is 2.78. The number of alkyl halides is 3. The van der Waals surface area contributed by atoms with Crippen molar-refractivity contribution >= 4 is 5.97 Å². The molecule has 1 fully saturated rings. The van der Waals surface area contributed by atoms with Crippen molar-refractivity contribution in [3.63, 3.8) is 0 Å². The molecule has 0 saturated heterocycles. The number of hydrogen-bond donors (Lipinski definition) is 1. The van der Waals surface area contributed by atoms with Gasteiger partial charge < -0.3 is 4.74 Å². The zero-order chi connectivity index (χ0) is 15.2. The maximum atomic E-state index is 12.5. The van der Waals surface area contributed by atoms with Crippen LogP contribution in [0.15, 0.2) is 0 Å². The Hall–Kier alpha value is -0.780. The van der Waals surface area contributed by atoms with Crippen molar-refractivity contribution in [2.75, 3.05) is 13.2 Å². The fourth-order valence-electron chi connectivity index (χ4n) is 2.81. The van der Waals surface area contributed by atoms with Gasteiger partial charge in [-0.25, -0.2) is 0 Å². The van der Waals surface area contributed by atoms with Gasteiger partial charge in [0, 0.05) is 0 Å². The molecule has 6 heteroatoms. The van der Waals surface area contributed by atoms with Crippen molar-refractivity contribution in [3.05, 3.63) is 0 Å². The first-order chi connectivity index (χ1) is 9.33. The van der Waals surface area contributed by atoms with Gasteiger partial charge in [0.1, 0.15) is 5.54 Å². The first-order valence-electron chi connectivity index (χ1n) is 7.32. The van der Waals surface area contributed by atoms with Gasteiger partial charge in [0.15, 0.2) is 0 Å². The first-order valence-corrected chi connectivity index (χ1v) is 7.32. The topological polar surface area (TPSA) is 38.3 Å². The molecule has 1 saturated carbocycles. The van der Waals surface area contributed by atoms with E-state index in [-0.39, 0.29) is 6.61 Å². The van der Waals surface area contributed by atoms with Gasteiger partial charge in [-0.1, -0.05) is 26.2 Å². The number of carbonyl (C=O) groups is 1. The quantitative estimate of drug-likeness (QED) is 0.624. The third-order valence-electron chi connectivity index (χ3n) is 4.07. The molecule has 0 amide bonds. The summed E-state index contributed by atoms with van der Waals surface area (Å²) in [5.74, 6) is -0.0556. The highest BCUT2D eigenvalue weighted by molar-refractivity contribution is 5.81. The largest absolute Gasteiger partial charge is 0.465 e. The van der Waals surface area contributed by atoms with E-state index in [1.54, 1.807) is 6.92 Å². The highest BCUT2D eigenvalue weighted by atomic mass is 19.4. The molecule has 1 rings (SSSR count). The number of halogens is 3. The molecule has 2 atom stereocenters. The summed E-state index contributed by atoms with van der Waals surface area (Å²) in [7, 11) is 0. The predicted octanol–water partition coefficient (Wildman–Crippen LogP) is 3.43. The molecule has 0 aromatic carbocycles. The lowest BCUT2D eigenvalue weighted by Crippen LogP contribution is -2.55. The van der Waals surface area contributed by atoms with Crippen molar-refractivity contribution in [1.82, 2.24) is 5.32 Å². The zero-order valence-corrected chi connectivity index (χ0v) is 12.2. The predicted molar refractivity (Wildman–Crippen MR) is 70.3 cm³/mol. The van der Waals surface area contributed by atoms with Crippen LogP contribution in [0.4, 0.5) is 13.2 Å². The molecule has 0 aromatic rings. The minimum Gasteiger partial charge on any atom is -0.465 e. The van der Waals surface area contributed by atoms with Crippen molar-refractivity contribution in [1.29, 1.82) is 0 Å². The molecule has 118 valence electrons. The highest BCUT2D eigenvalue weighted by Gasteiger charge is 2.43. The second-order valence-electron chi connectivity index (χ2n) is 5.48. The second-order valence-corrected chi connectivity index (χ2v) is 5.48. The lowest BCUT2D eigenvalue weighted by molar-refractivity contribution is -0.156. The molecule has 0 radical (unpaired) electrons. The zero-order valence-electron chi connectivity index (χ0n) is 12.2. The normalized spacial score (nSPS) is 27.9. The molecule has 0 heterocycles. The van der Waals surface area contributed by atoms with Crippen molar-refractivity contribution in [2.24, 2.45) is 5.92 Å². The SMILES string of the molecule is CCOC(=O)C1(NCC(F)(F)F)CCCC(CC)CC1. The van der Waals surface area contributed by atoms with Gasteiger partial charge in [0.25, 0.3) is 0 Å². The average Bonchev–Trinajstić information content (AvgIpc) is 2.59. The summed E-state index contributed by atoms with van der Waals surface area (Å²) in [4.78, 5) is 12.1. The van der Waals surface area contributed by atoms with Crippen LogP contribution in [-0.4, -0.2) is 30.8 Å². The van der Waals surface area contributed by atoms with Gasteiger partial charge >= 0.3 is 12.1 Å². The number of esters is 1. The van der Waals surface area contributed by atoms with Crippen LogP contribution in [0.25, 0.3) is 0 Å². The Balaban J connectivity index is 2.80. The van der Waals surface area contributed by atoms with E-state index in [4.69, 9.17) is 4.74 Å². The van der Waals surface area contributed by atoms with Crippen LogP contribution < -0.4 is 5.32 Å². The van der Waals surface area contributed by atoms with Gasteiger partial charge in [-0.15, -0.1) is 0 Å². The Morgan fingerprint density at radius 3 is 2.55 bits per heavy atom. The Morgan fingerprint density at radius 1 is 1.30 bits per heavy atom. The smallest absolute Gasteiger partial charge is 0.401 e. The Morgan fingerprint density at radius 2 is 2.00 bits per heavy atom. The van der Waals surface area contributed by atoms with E-state index in [2.05, 4.69) is 12.2 Å². The molecule has 0 aromatic heterocycles. The summed E-state index contributed by atoms with van der Waals surface area (Å²) in [5, 5.41) is 2.44. The molecule has 3 nitrogen and oxygen atoms in total. The van der Waals surface area contributed by atoms with Crippen LogP contribution >= 0.6 is 0 Å². The summed E-state index contributed by atoms with van der Waals surface area (Å²) < 4.78 is 42.4. The Labute approximate surface area is 118 Å². The number of hydrogen-bond acceptors (Lipinski definition) is 3. The van der Waals surface area contributed by atoms with E-state index < -0.39 is 24.2 Å². The lowest BCUT2D eigenvalue weighted by atomic mass is 9.89. The monoisotopic (exact) mass is 295 g/mol. The molecule has 20 heavy (non-hydrogen) atoms. The van der Waals surface area contributed by atoms with Crippen molar-refractivity contribution in [3.8, 4) is 0 Å². The molecule has 1 aliphatic carbocycles. The van der Waals surface area contributed by atoms with Crippen LogP contribution in [0.1, 0.15) is 52.4 Å². The van der Waals surface area contributed by atoms with Crippen LogP contribution in [0.3, 0.4) is 0 Å². The molecular weight excluding hydrogens is 271 g/mol. The van der Waals surface area contributed by atoms with E-state index >= 15 is 0 Å². The maximum absolute atomic E-state index is 12.5. The maximum Gasteiger partial charge on any atom is 0.401 e. The Kier molecular flexibility index (Phi) is 6.30. The minimum absolute atomic E-state index is 0.186. The van der Waals surface area contributed by atoms with Crippen molar-refractivity contribution < 1.29 is 22.7 Å². The standard InChI is InChI=1S/C14H24F3NO2/c1-3-11-6-5-8-13(9-7-11,12(19)20-4-2)18-10-14(15,16)17/h11,18H,3-10H2,1-2H3. The molecule has 0 spiro atoms. The highest BCUT2D eigenvalue weighted by Crippen LogP contribution is 2.33. The molecule has 0 bridgehead atoms. The first kappa shape index (κ1) is 17.3. The van der Waals surface area contributed by atoms with Crippen molar-refractivity contribution in [2.45, 2.75) is 64.1 Å². The van der Waals surface area contributed by atoms with Gasteiger partial charge in [0.05, 0.1) is 13.2 Å². The third-order valence-corrected chi connectivity index (χ3v) is 4.07. The summed E-state index contributed by atoms with van der Waals surface area (Å²) in [5.41, 5.74) is -1.17.